The lowest BCUT2D eigenvalue weighted by molar-refractivity contribution is 0.602. The fourth-order valence-corrected chi connectivity index (χ4v) is 2.89. The maximum atomic E-state index is 11.6. The van der Waals surface area contributed by atoms with Gasteiger partial charge in [-0.25, -0.2) is 18.4 Å². The number of hydrogen-bond acceptors (Lipinski definition) is 6. The van der Waals surface area contributed by atoms with Gasteiger partial charge in [0.15, 0.2) is 9.84 Å². The van der Waals surface area contributed by atoms with E-state index >= 15 is 0 Å². The number of anilines is 2. The summed E-state index contributed by atoms with van der Waals surface area (Å²) in [6.45, 7) is 1.68. The zero-order valence-electron chi connectivity index (χ0n) is 11.6. The van der Waals surface area contributed by atoms with Gasteiger partial charge in [0.1, 0.15) is 0 Å². The fourth-order valence-electron chi connectivity index (χ4n) is 2.23. The Morgan fingerprint density at radius 3 is 3.00 bits per heavy atom. The van der Waals surface area contributed by atoms with Crippen molar-refractivity contribution in [2.24, 2.45) is 0 Å². The summed E-state index contributed by atoms with van der Waals surface area (Å²) in [5.74, 6) is 0.475. The molecule has 1 aromatic heterocycles. The molecule has 2 heterocycles. The monoisotopic (exact) mass is 304 g/mol. The third-order valence-corrected chi connectivity index (χ3v) is 4.45. The van der Waals surface area contributed by atoms with Gasteiger partial charge < -0.3 is 10.6 Å². The molecule has 3 rings (SSSR count). The highest BCUT2D eigenvalue weighted by molar-refractivity contribution is 7.90. The van der Waals surface area contributed by atoms with Crippen molar-refractivity contribution in [3.8, 4) is 0 Å². The van der Waals surface area contributed by atoms with Crippen LogP contribution in [0.2, 0.25) is 0 Å². The number of benzene rings is 1. The molecule has 0 saturated carbocycles. The van der Waals surface area contributed by atoms with Gasteiger partial charge in [0, 0.05) is 24.7 Å². The molecule has 2 aromatic rings. The number of nitrogens with one attached hydrogen (secondary N) is 2. The fraction of sp³-hybridized carbons (Fsp3) is 0.286. The van der Waals surface area contributed by atoms with Crippen molar-refractivity contribution in [1.29, 1.82) is 0 Å². The lowest BCUT2D eigenvalue weighted by Crippen LogP contribution is -2.25. The maximum absolute atomic E-state index is 11.6. The minimum absolute atomic E-state index is 0.270. The largest absolute Gasteiger partial charge is 0.324 e. The van der Waals surface area contributed by atoms with Crippen LogP contribution in [0.5, 0.6) is 0 Å². The Bertz CT molecular complexity index is 774. The Kier molecular flexibility index (Phi) is 3.60. The van der Waals surface area contributed by atoms with Crippen LogP contribution >= 0.6 is 0 Å². The van der Waals surface area contributed by atoms with Crippen molar-refractivity contribution in [2.45, 2.75) is 17.9 Å². The highest BCUT2D eigenvalue weighted by Crippen LogP contribution is 2.19. The Balaban J connectivity index is 1.87. The van der Waals surface area contributed by atoms with Crippen molar-refractivity contribution in [3.63, 3.8) is 0 Å². The molecular weight excluding hydrogens is 288 g/mol. The second-order valence-corrected chi connectivity index (χ2v) is 7.03. The molecule has 1 aliphatic heterocycles. The van der Waals surface area contributed by atoms with E-state index in [1.165, 1.54) is 6.26 Å². The van der Waals surface area contributed by atoms with Gasteiger partial charge in [-0.3, -0.25) is 0 Å². The zero-order valence-corrected chi connectivity index (χ0v) is 12.4. The second kappa shape index (κ2) is 5.42. The van der Waals surface area contributed by atoms with E-state index in [1.807, 2.05) is 6.20 Å². The lowest BCUT2D eigenvalue weighted by atomic mass is 10.1. The molecule has 0 bridgehead atoms. The molecule has 0 fully saturated rings. The van der Waals surface area contributed by atoms with E-state index in [-0.39, 0.29) is 4.90 Å². The van der Waals surface area contributed by atoms with Crippen molar-refractivity contribution >= 4 is 21.5 Å². The average Bonchev–Trinajstić information content (AvgIpc) is 2.46. The van der Waals surface area contributed by atoms with Crippen LogP contribution in [0.15, 0.2) is 35.4 Å². The topological polar surface area (TPSA) is 84.0 Å². The van der Waals surface area contributed by atoms with E-state index in [9.17, 15) is 8.42 Å². The van der Waals surface area contributed by atoms with E-state index < -0.39 is 9.84 Å². The van der Waals surface area contributed by atoms with Crippen LogP contribution in [-0.2, 0) is 22.8 Å². The van der Waals surface area contributed by atoms with Crippen molar-refractivity contribution in [2.75, 3.05) is 18.1 Å². The first-order valence-corrected chi connectivity index (χ1v) is 8.54. The van der Waals surface area contributed by atoms with Crippen LogP contribution in [0.4, 0.5) is 11.6 Å². The molecule has 0 amide bonds. The molecule has 7 heteroatoms. The summed E-state index contributed by atoms with van der Waals surface area (Å²) in [4.78, 5) is 9.02. The second-order valence-electron chi connectivity index (χ2n) is 5.02. The predicted molar refractivity (Wildman–Crippen MR) is 80.3 cm³/mol. The van der Waals surface area contributed by atoms with Crippen LogP contribution in [0.3, 0.4) is 0 Å². The average molecular weight is 304 g/mol. The molecule has 0 atom stereocenters. The van der Waals surface area contributed by atoms with Crippen LogP contribution in [0.25, 0.3) is 0 Å². The summed E-state index contributed by atoms with van der Waals surface area (Å²) in [6, 6.07) is 6.63. The summed E-state index contributed by atoms with van der Waals surface area (Å²) in [5.41, 5.74) is 2.80. The van der Waals surface area contributed by atoms with Crippen LogP contribution in [-0.4, -0.2) is 31.2 Å². The summed E-state index contributed by atoms with van der Waals surface area (Å²) in [6.07, 6.45) is 3.94. The molecule has 0 spiro atoms. The molecule has 1 aromatic carbocycles. The van der Waals surface area contributed by atoms with E-state index in [0.717, 1.165) is 30.8 Å². The highest BCUT2D eigenvalue weighted by Gasteiger charge is 2.12. The van der Waals surface area contributed by atoms with Crippen molar-refractivity contribution < 1.29 is 8.42 Å². The van der Waals surface area contributed by atoms with Gasteiger partial charge in [0.05, 0.1) is 10.6 Å². The quantitative estimate of drug-likeness (QED) is 0.888. The van der Waals surface area contributed by atoms with Gasteiger partial charge >= 0.3 is 0 Å². The van der Waals surface area contributed by atoms with Gasteiger partial charge in [-0.2, -0.15) is 0 Å². The van der Waals surface area contributed by atoms with Crippen LogP contribution in [0.1, 0.15) is 11.3 Å². The number of hydrogen-bond donors (Lipinski definition) is 2. The van der Waals surface area contributed by atoms with Gasteiger partial charge in [-0.15, -0.1) is 0 Å². The number of sulfone groups is 1. The van der Waals surface area contributed by atoms with Gasteiger partial charge in [0.2, 0.25) is 5.95 Å². The molecule has 110 valence electrons. The molecule has 0 aliphatic carbocycles. The Hall–Kier alpha value is -1.99. The zero-order chi connectivity index (χ0) is 14.9. The van der Waals surface area contributed by atoms with Gasteiger partial charge in [-0.05, 0) is 36.7 Å². The lowest BCUT2D eigenvalue weighted by Gasteiger charge is -2.16. The van der Waals surface area contributed by atoms with Crippen LogP contribution < -0.4 is 10.6 Å². The normalized spacial score (nSPS) is 14.5. The third kappa shape index (κ3) is 3.20. The van der Waals surface area contributed by atoms with E-state index in [4.69, 9.17) is 0 Å². The Labute approximate surface area is 123 Å². The summed E-state index contributed by atoms with van der Waals surface area (Å²) in [7, 11) is -3.22. The number of nitrogens with zero attached hydrogens (tertiary/aromatic N) is 2. The summed E-state index contributed by atoms with van der Waals surface area (Å²) >= 11 is 0. The van der Waals surface area contributed by atoms with Gasteiger partial charge in [0.25, 0.3) is 0 Å². The highest BCUT2D eigenvalue weighted by atomic mass is 32.2. The van der Waals surface area contributed by atoms with Gasteiger partial charge in [-0.1, -0.05) is 6.07 Å². The first-order valence-electron chi connectivity index (χ1n) is 6.65. The molecule has 1 aliphatic rings. The standard InChI is InChI=1S/C14H16N4O2S/c1-21(19,20)12-4-2-3-11(7-12)17-14-16-8-10-5-6-15-9-13(10)18-14/h2-4,7-8,15H,5-6,9H2,1H3,(H,16,17,18). The molecule has 2 N–H and O–H groups in total. The molecule has 0 radical (unpaired) electrons. The summed E-state index contributed by atoms with van der Waals surface area (Å²) < 4.78 is 23.1. The minimum atomic E-state index is -3.22. The maximum Gasteiger partial charge on any atom is 0.227 e. The van der Waals surface area contributed by atoms with E-state index in [2.05, 4.69) is 20.6 Å². The predicted octanol–water partition coefficient (Wildman–Crippen LogP) is 1.27. The third-order valence-electron chi connectivity index (χ3n) is 3.34. The Morgan fingerprint density at radius 1 is 1.33 bits per heavy atom. The van der Waals surface area contributed by atoms with Crippen molar-refractivity contribution in [3.05, 3.63) is 41.7 Å². The first-order chi connectivity index (χ1) is 10.0. The molecule has 0 unspecified atom stereocenters. The SMILES string of the molecule is CS(=O)(=O)c1cccc(Nc2ncc3c(n2)CNCC3)c1. The number of aromatic nitrogens is 2. The van der Waals surface area contributed by atoms with Crippen LogP contribution in [0, 0.1) is 0 Å². The molecular formula is C14H16N4O2S. The van der Waals surface area contributed by atoms with E-state index in [0.29, 0.717) is 11.6 Å². The summed E-state index contributed by atoms with van der Waals surface area (Å²) in [5, 5.41) is 6.32. The molecule has 6 nitrogen and oxygen atoms in total. The number of fused-ring (bicyclic) bond motifs is 1. The molecule has 0 saturated heterocycles. The number of rotatable bonds is 3. The first kappa shape index (κ1) is 14.0. The Morgan fingerprint density at radius 2 is 2.19 bits per heavy atom. The van der Waals surface area contributed by atoms with Crippen molar-refractivity contribution in [1.82, 2.24) is 15.3 Å². The minimum Gasteiger partial charge on any atom is -0.324 e. The van der Waals surface area contributed by atoms with E-state index in [1.54, 1.807) is 24.3 Å². The smallest absolute Gasteiger partial charge is 0.227 e. The molecule has 21 heavy (non-hydrogen) atoms.